The number of aryl methyl sites for hydroxylation is 2. The molecule has 0 amide bonds. The number of para-hydroxylation sites is 4. The molecule has 0 aliphatic carbocycles. The molecule has 0 saturated heterocycles. The molecule has 0 unspecified atom stereocenters. The molecule has 0 aliphatic heterocycles. The minimum Gasteiger partial charge on any atom is -0.230 e. The maximum atomic E-state index is 2.44. The van der Waals surface area contributed by atoms with E-state index in [2.05, 4.69) is 164 Å². The van der Waals surface area contributed by atoms with E-state index in [0.717, 1.165) is 39.0 Å². The van der Waals surface area contributed by atoms with Crippen LogP contribution in [0.25, 0.3) is 43.6 Å². The predicted molar refractivity (Wildman–Crippen MR) is 180 cm³/mol. The van der Waals surface area contributed by atoms with Crippen molar-refractivity contribution in [3.8, 4) is 0 Å². The molecule has 8 aromatic rings. The van der Waals surface area contributed by atoms with E-state index in [4.69, 9.17) is 0 Å². The number of aromatic nitrogens is 4. The Morgan fingerprint density at radius 3 is 1.32 bits per heavy atom. The van der Waals surface area contributed by atoms with Crippen molar-refractivity contribution in [3.05, 3.63) is 157 Å². The summed E-state index contributed by atoms with van der Waals surface area (Å²) in [5, 5.41) is 5.25. The summed E-state index contributed by atoms with van der Waals surface area (Å²) in [5.41, 5.74) is 7.87. The second kappa shape index (κ2) is 11.5. The maximum absolute atomic E-state index is 2.44. The van der Waals surface area contributed by atoms with E-state index in [1.807, 2.05) is 0 Å². The van der Waals surface area contributed by atoms with Crippen LogP contribution in [0.5, 0.6) is 0 Å². The lowest BCUT2D eigenvalue weighted by Gasteiger charge is -2.04. The van der Waals surface area contributed by atoms with Crippen LogP contribution in [-0.2, 0) is 26.2 Å². The van der Waals surface area contributed by atoms with Crippen molar-refractivity contribution in [1.82, 2.24) is 9.13 Å². The van der Waals surface area contributed by atoms with E-state index in [1.165, 1.54) is 54.7 Å². The highest BCUT2D eigenvalue weighted by Gasteiger charge is 2.18. The molecule has 0 radical (unpaired) electrons. The van der Waals surface area contributed by atoms with E-state index in [0.29, 0.717) is 0 Å². The first-order valence-corrected chi connectivity index (χ1v) is 15.7. The smallest absolute Gasteiger partial charge is 0.230 e. The first kappa shape index (κ1) is 26.4. The first-order valence-electron chi connectivity index (χ1n) is 15.7. The number of fused-ring (bicyclic) bond motifs is 4. The Hall–Kier alpha value is -5.22. The number of rotatable bonds is 9. The Morgan fingerprint density at radius 1 is 0.409 bits per heavy atom. The Morgan fingerprint density at radius 2 is 0.818 bits per heavy atom. The Balaban J connectivity index is 1.00. The molecule has 0 saturated carbocycles. The summed E-state index contributed by atoms with van der Waals surface area (Å²) in [6, 6.07) is 48.3. The van der Waals surface area contributed by atoms with Crippen molar-refractivity contribution in [2.24, 2.45) is 0 Å². The quantitative estimate of drug-likeness (QED) is 0.123. The highest BCUT2D eigenvalue weighted by molar-refractivity contribution is 5.86. The molecule has 0 N–H and O–H groups in total. The molecule has 214 valence electrons. The van der Waals surface area contributed by atoms with Gasteiger partial charge >= 0.3 is 0 Å². The van der Waals surface area contributed by atoms with Crippen LogP contribution in [0.3, 0.4) is 0 Å². The van der Waals surface area contributed by atoms with Gasteiger partial charge < -0.3 is 0 Å². The average molecular weight is 573 g/mol. The van der Waals surface area contributed by atoms with E-state index in [9.17, 15) is 0 Å². The molecule has 4 heteroatoms. The van der Waals surface area contributed by atoms with E-state index in [-0.39, 0.29) is 0 Å². The third-order valence-electron chi connectivity index (χ3n) is 9.05. The molecule has 2 heterocycles. The normalized spacial score (nSPS) is 11.7. The SMILES string of the molecule is c1ccc2c(C[n+]3cn(CCCCn4c[n+](Cc5cccc6ccccc56)c5ccccc54)c4ccccc43)cccc2c1. The number of unbranched alkanes of at least 4 members (excludes halogenated alkanes) is 1. The van der Waals surface area contributed by atoms with Crippen molar-refractivity contribution in [2.45, 2.75) is 39.0 Å². The van der Waals surface area contributed by atoms with Crippen molar-refractivity contribution >= 4 is 43.6 Å². The lowest BCUT2D eigenvalue weighted by molar-refractivity contribution is -0.663. The lowest BCUT2D eigenvalue weighted by Crippen LogP contribution is -2.33. The number of hydrogen-bond acceptors (Lipinski definition) is 0. The molecule has 0 fully saturated rings. The lowest BCUT2D eigenvalue weighted by atomic mass is 10.0. The predicted octanol–water partition coefficient (Wildman–Crippen LogP) is 8.05. The number of benzene rings is 6. The van der Waals surface area contributed by atoms with Crippen molar-refractivity contribution in [2.75, 3.05) is 0 Å². The van der Waals surface area contributed by atoms with Gasteiger partial charge in [-0.2, -0.15) is 0 Å². The van der Waals surface area contributed by atoms with Gasteiger partial charge in [0.25, 0.3) is 0 Å². The molecular formula is C40H36N4+2. The Bertz CT molecular complexity index is 2080. The second-order valence-corrected chi connectivity index (χ2v) is 11.8. The summed E-state index contributed by atoms with van der Waals surface area (Å²) >= 11 is 0. The molecule has 0 atom stereocenters. The molecule has 0 spiro atoms. The third kappa shape index (κ3) is 4.92. The fourth-order valence-corrected chi connectivity index (χ4v) is 6.89. The second-order valence-electron chi connectivity index (χ2n) is 11.8. The number of nitrogens with zero attached hydrogens (tertiary/aromatic N) is 4. The van der Waals surface area contributed by atoms with Gasteiger partial charge in [0.1, 0.15) is 13.1 Å². The fraction of sp³-hybridized carbons (Fsp3) is 0.150. The molecule has 44 heavy (non-hydrogen) atoms. The molecule has 6 aromatic carbocycles. The first-order chi connectivity index (χ1) is 21.8. The summed E-state index contributed by atoms with van der Waals surface area (Å²) < 4.78 is 9.70. The van der Waals surface area contributed by atoms with Gasteiger partial charge in [-0.3, -0.25) is 0 Å². The minimum absolute atomic E-state index is 0.862. The molecule has 0 aliphatic rings. The Labute approximate surface area is 257 Å². The summed E-state index contributed by atoms with van der Waals surface area (Å²) in [5.74, 6) is 0. The van der Waals surface area contributed by atoms with Gasteiger partial charge in [0.05, 0.1) is 13.1 Å². The Kier molecular flexibility index (Phi) is 6.88. The maximum Gasteiger partial charge on any atom is 0.245 e. The van der Waals surface area contributed by atoms with Gasteiger partial charge in [0.2, 0.25) is 12.7 Å². The summed E-state index contributed by atoms with van der Waals surface area (Å²) in [7, 11) is 0. The zero-order valence-electron chi connectivity index (χ0n) is 24.9. The van der Waals surface area contributed by atoms with Crippen LogP contribution in [-0.4, -0.2) is 9.13 Å². The van der Waals surface area contributed by atoms with Gasteiger partial charge in [0, 0.05) is 11.1 Å². The van der Waals surface area contributed by atoms with Crippen LogP contribution >= 0.6 is 0 Å². The van der Waals surface area contributed by atoms with Crippen molar-refractivity contribution in [1.29, 1.82) is 0 Å². The summed E-state index contributed by atoms with van der Waals surface area (Å²) in [6.07, 6.45) is 6.86. The number of imidazole rings is 2. The van der Waals surface area contributed by atoms with Crippen LogP contribution in [0, 0.1) is 0 Å². The van der Waals surface area contributed by atoms with Crippen LogP contribution < -0.4 is 9.13 Å². The zero-order chi connectivity index (χ0) is 29.3. The topological polar surface area (TPSA) is 17.6 Å². The van der Waals surface area contributed by atoms with Gasteiger partial charge in [-0.05, 0) is 58.7 Å². The fourth-order valence-electron chi connectivity index (χ4n) is 6.89. The standard InChI is InChI=1S/C40H36N4/c1-3-19-35-31(13-1)15-11-17-33(35)27-43-29-41(37-21-5-7-23-39(37)43)25-9-10-26-42-30-44(40-24-8-6-22-38(40)42)28-34-18-12-16-32-14-2-4-20-36(32)34/h1-8,11-24,29-30H,9-10,25-28H2/q+2. The molecule has 4 nitrogen and oxygen atoms in total. The molecular weight excluding hydrogens is 536 g/mol. The van der Waals surface area contributed by atoms with Crippen LogP contribution in [0.4, 0.5) is 0 Å². The van der Waals surface area contributed by atoms with E-state index >= 15 is 0 Å². The molecule has 0 bridgehead atoms. The average Bonchev–Trinajstić information content (AvgIpc) is 3.61. The largest absolute Gasteiger partial charge is 0.245 e. The monoisotopic (exact) mass is 572 g/mol. The van der Waals surface area contributed by atoms with Gasteiger partial charge in [0.15, 0.2) is 22.1 Å². The van der Waals surface area contributed by atoms with Crippen LogP contribution in [0.2, 0.25) is 0 Å². The van der Waals surface area contributed by atoms with E-state index < -0.39 is 0 Å². The van der Waals surface area contributed by atoms with Crippen molar-refractivity contribution < 1.29 is 9.13 Å². The molecule has 2 aromatic heterocycles. The summed E-state index contributed by atoms with van der Waals surface area (Å²) in [6.45, 7) is 3.72. The van der Waals surface area contributed by atoms with Crippen LogP contribution in [0.15, 0.2) is 146 Å². The van der Waals surface area contributed by atoms with E-state index in [1.54, 1.807) is 0 Å². The minimum atomic E-state index is 0.862. The zero-order valence-corrected chi connectivity index (χ0v) is 24.9. The highest BCUT2D eigenvalue weighted by atomic mass is 15.1. The summed E-state index contributed by atoms with van der Waals surface area (Å²) in [4.78, 5) is 0. The molecule has 8 rings (SSSR count). The van der Waals surface area contributed by atoms with Crippen LogP contribution in [0.1, 0.15) is 24.0 Å². The highest BCUT2D eigenvalue weighted by Crippen LogP contribution is 2.21. The van der Waals surface area contributed by atoms with Gasteiger partial charge in [-0.1, -0.05) is 109 Å². The van der Waals surface area contributed by atoms with Crippen molar-refractivity contribution in [3.63, 3.8) is 0 Å². The van der Waals surface area contributed by atoms with Gasteiger partial charge in [-0.15, -0.1) is 0 Å². The van der Waals surface area contributed by atoms with Gasteiger partial charge in [-0.25, -0.2) is 18.3 Å². The third-order valence-corrected chi connectivity index (χ3v) is 9.05. The number of hydrogen-bond donors (Lipinski definition) is 0.